The molecule has 0 unspecified atom stereocenters. The van der Waals surface area contributed by atoms with E-state index in [1.54, 1.807) is 0 Å². The van der Waals surface area contributed by atoms with Crippen molar-refractivity contribution in [1.82, 2.24) is 19.5 Å². The number of hydrogen-bond donors (Lipinski definition) is 4. The van der Waals surface area contributed by atoms with Crippen LogP contribution in [0.3, 0.4) is 0 Å². The minimum absolute atomic E-state index is 0.0456. The lowest BCUT2D eigenvalue weighted by Crippen LogP contribution is -2.33. The Balaban J connectivity index is 1.79. The van der Waals surface area contributed by atoms with Crippen molar-refractivity contribution in [2.24, 2.45) is 0 Å². The van der Waals surface area contributed by atoms with Crippen molar-refractivity contribution in [3.05, 3.63) is 47.5 Å². The summed E-state index contributed by atoms with van der Waals surface area (Å²) < 4.78 is 45.8. The Hall–Kier alpha value is -3.06. The van der Waals surface area contributed by atoms with Crippen molar-refractivity contribution < 1.29 is 33.2 Å². The van der Waals surface area contributed by atoms with Crippen molar-refractivity contribution in [2.75, 3.05) is 12.3 Å². The Kier molecular flexibility index (Phi) is 5.39. The maximum absolute atomic E-state index is 13.0. The van der Waals surface area contributed by atoms with E-state index in [2.05, 4.69) is 15.0 Å². The second-order valence-corrected chi connectivity index (χ2v) is 6.96. The van der Waals surface area contributed by atoms with E-state index < -0.39 is 42.9 Å². The van der Waals surface area contributed by atoms with Gasteiger partial charge in [-0.1, -0.05) is 18.2 Å². The molecule has 164 valence electrons. The summed E-state index contributed by atoms with van der Waals surface area (Å²) in [5.74, 6) is 0.193. The monoisotopic (exact) mass is 437 g/mol. The van der Waals surface area contributed by atoms with Crippen molar-refractivity contribution in [2.45, 2.75) is 30.7 Å². The fourth-order valence-corrected chi connectivity index (χ4v) is 3.39. The van der Waals surface area contributed by atoms with Crippen molar-refractivity contribution in [3.63, 3.8) is 0 Å². The number of aliphatic hydroxyl groups is 3. The van der Waals surface area contributed by atoms with Gasteiger partial charge in [-0.25, -0.2) is 15.0 Å². The molecular weight excluding hydrogens is 419 g/mol. The van der Waals surface area contributed by atoms with Crippen molar-refractivity contribution >= 4 is 29.1 Å². The Morgan fingerprint density at radius 2 is 1.94 bits per heavy atom. The summed E-state index contributed by atoms with van der Waals surface area (Å²) in [6.45, 7) is -0.534. The second kappa shape index (κ2) is 7.89. The van der Waals surface area contributed by atoms with Gasteiger partial charge in [-0.05, 0) is 23.8 Å². The molecule has 9 nitrogen and oxygen atoms in total. The van der Waals surface area contributed by atoms with E-state index in [1.165, 1.54) is 35.2 Å². The number of alkyl halides is 3. The van der Waals surface area contributed by atoms with Crippen LogP contribution in [0.5, 0.6) is 0 Å². The highest BCUT2D eigenvalue weighted by Gasteiger charge is 2.44. The van der Waals surface area contributed by atoms with E-state index in [4.69, 9.17) is 10.5 Å². The number of nitrogens with two attached hydrogens (primary N) is 1. The van der Waals surface area contributed by atoms with Crippen molar-refractivity contribution in [3.8, 4) is 0 Å². The fourth-order valence-electron chi connectivity index (χ4n) is 3.39. The number of benzene rings is 1. The average Bonchev–Trinajstić information content (AvgIpc) is 3.24. The summed E-state index contributed by atoms with van der Waals surface area (Å²) in [6.07, 6.45) is -5.51. The molecule has 4 atom stereocenters. The van der Waals surface area contributed by atoms with E-state index in [0.29, 0.717) is 0 Å². The molecule has 0 spiro atoms. The van der Waals surface area contributed by atoms with E-state index >= 15 is 0 Å². The largest absolute Gasteiger partial charge is 0.416 e. The number of nitrogen functional groups attached to an aromatic ring is 1. The van der Waals surface area contributed by atoms with Gasteiger partial charge in [0, 0.05) is 0 Å². The van der Waals surface area contributed by atoms with E-state index in [9.17, 15) is 28.5 Å². The zero-order valence-corrected chi connectivity index (χ0v) is 15.8. The van der Waals surface area contributed by atoms with Crippen LogP contribution in [0.25, 0.3) is 23.3 Å². The van der Waals surface area contributed by atoms with Gasteiger partial charge in [0.2, 0.25) is 0 Å². The minimum atomic E-state index is -4.49. The fraction of sp³-hybridized carbons (Fsp3) is 0.316. The quantitative estimate of drug-likeness (QED) is 0.478. The standard InChI is InChI=1S/C19H18F3N5O4/c20-19(21,22)10-3-1-2-9(6-10)4-5-12-26-13-16(23)24-8-25-17(13)27(12)18-15(30)14(29)11(7-28)31-18/h1-6,8,11,14-15,18,28-30H,7H2,(H2,23,24,25)/b5-4+/t11-,14-,15-,18-/m1/s1. The lowest BCUT2D eigenvalue weighted by Gasteiger charge is -2.18. The number of anilines is 1. The number of rotatable bonds is 4. The number of halogens is 3. The van der Waals surface area contributed by atoms with E-state index in [1.807, 2.05) is 0 Å². The third kappa shape index (κ3) is 3.85. The smallest absolute Gasteiger partial charge is 0.394 e. The van der Waals surface area contributed by atoms with Crippen LogP contribution in [0, 0.1) is 0 Å². The molecule has 31 heavy (non-hydrogen) atoms. The summed E-state index contributed by atoms with van der Waals surface area (Å²) in [6, 6.07) is 4.70. The number of ether oxygens (including phenoxy) is 1. The van der Waals surface area contributed by atoms with Crippen LogP contribution in [-0.2, 0) is 10.9 Å². The number of aliphatic hydroxyl groups excluding tert-OH is 3. The first-order chi connectivity index (χ1) is 14.7. The highest BCUT2D eigenvalue weighted by Crippen LogP contribution is 2.34. The third-order valence-electron chi connectivity index (χ3n) is 4.94. The van der Waals surface area contributed by atoms with Crippen LogP contribution in [0.2, 0.25) is 0 Å². The molecule has 1 aromatic carbocycles. The molecule has 0 aliphatic carbocycles. The van der Waals surface area contributed by atoms with Crippen LogP contribution in [0.1, 0.15) is 23.2 Å². The van der Waals surface area contributed by atoms with Crippen LogP contribution in [0.15, 0.2) is 30.6 Å². The number of imidazole rings is 1. The topological polar surface area (TPSA) is 140 Å². The Morgan fingerprint density at radius 1 is 1.16 bits per heavy atom. The first-order valence-electron chi connectivity index (χ1n) is 9.17. The van der Waals surface area contributed by atoms with Crippen LogP contribution in [-0.4, -0.2) is 59.8 Å². The summed E-state index contributed by atoms with van der Waals surface area (Å²) in [5, 5.41) is 29.9. The first-order valence-corrected chi connectivity index (χ1v) is 9.17. The zero-order chi connectivity index (χ0) is 22.3. The molecule has 1 saturated heterocycles. The third-order valence-corrected chi connectivity index (χ3v) is 4.94. The lowest BCUT2D eigenvalue weighted by molar-refractivity contribution is -0.137. The maximum atomic E-state index is 13.0. The highest BCUT2D eigenvalue weighted by molar-refractivity contribution is 5.84. The number of hydrogen-bond acceptors (Lipinski definition) is 8. The van der Waals surface area contributed by atoms with Gasteiger partial charge in [0.15, 0.2) is 23.2 Å². The lowest BCUT2D eigenvalue weighted by atomic mass is 10.1. The molecule has 3 heterocycles. The van der Waals surface area contributed by atoms with Crippen molar-refractivity contribution in [1.29, 1.82) is 0 Å². The second-order valence-electron chi connectivity index (χ2n) is 6.96. The SMILES string of the molecule is Nc1ncnc2c1nc(/C=C/c1cccc(C(F)(F)F)c1)n2[C@@H]1O[C@H](CO)[C@@H](O)[C@H]1O. The van der Waals surface area contributed by atoms with Crippen LogP contribution >= 0.6 is 0 Å². The van der Waals surface area contributed by atoms with Gasteiger partial charge in [0.25, 0.3) is 0 Å². The van der Waals surface area contributed by atoms with Crippen LogP contribution in [0.4, 0.5) is 19.0 Å². The summed E-state index contributed by atoms with van der Waals surface area (Å²) >= 11 is 0. The van der Waals surface area contributed by atoms with Gasteiger partial charge in [-0.15, -0.1) is 0 Å². The number of aromatic nitrogens is 4. The van der Waals surface area contributed by atoms with E-state index in [-0.39, 0.29) is 28.4 Å². The van der Waals surface area contributed by atoms with Gasteiger partial charge >= 0.3 is 6.18 Å². The molecule has 0 bridgehead atoms. The van der Waals surface area contributed by atoms with Gasteiger partial charge in [-0.2, -0.15) is 13.2 Å². The zero-order valence-electron chi connectivity index (χ0n) is 15.8. The normalized spacial score (nSPS) is 24.5. The predicted molar refractivity (Wildman–Crippen MR) is 103 cm³/mol. The molecule has 12 heteroatoms. The molecule has 5 N–H and O–H groups in total. The molecule has 4 rings (SSSR count). The Labute approximate surface area is 173 Å². The van der Waals surface area contributed by atoms with Gasteiger partial charge in [0.05, 0.1) is 12.2 Å². The van der Waals surface area contributed by atoms with E-state index in [0.717, 1.165) is 12.1 Å². The molecule has 1 aliphatic heterocycles. The van der Waals surface area contributed by atoms with Gasteiger partial charge in [-0.3, -0.25) is 4.57 Å². The molecule has 0 radical (unpaired) electrons. The number of nitrogens with zero attached hydrogens (tertiary/aromatic N) is 4. The Morgan fingerprint density at radius 3 is 2.61 bits per heavy atom. The highest BCUT2D eigenvalue weighted by atomic mass is 19.4. The maximum Gasteiger partial charge on any atom is 0.416 e. The molecular formula is C19H18F3N5O4. The molecule has 0 amide bonds. The summed E-state index contributed by atoms with van der Waals surface area (Å²) in [5.41, 5.74) is 5.68. The molecule has 2 aromatic heterocycles. The Bertz CT molecular complexity index is 1130. The average molecular weight is 437 g/mol. The van der Waals surface area contributed by atoms with Crippen LogP contribution < -0.4 is 5.73 Å². The molecule has 3 aromatic rings. The van der Waals surface area contributed by atoms with Gasteiger partial charge < -0.3 is 25.8 Å². The summed E-state index contributed by atoms with van der Waals surface area (Å²) in [7, 11) is 0. The minimum Gasteiger partial charge on any atom is -0.394 e. The summed E-state index contributed by atoms with van der Waals surface area (Å²) in [4.78, 5) is 12.3. The molecule has 1 fully saturated rings. The predicted octanol–water partition coefficient (Wildman–Crippen LogP) is 1.21. The number of fused-ring (bicyclic) bond motifs is 1. The molecule has 1 aliphatic rings. The first kappa shape index (κ1) is 21.2. The molecule has 0 saturated carbocycles. The van der Waals surface area contributed by atoms with Gasteiger partial charge in [0.1, 0.15) is 30.5 Å².